The molecule has 0 spiro atoms. The second kappa shape index (κ2) is 6.88. The van der Waals surface area contributed by atoms with E-state index in [0.29, 0.717) is 30.8 Å². The van der Waals surface area contributed by atoms with Crippen molar-refractivity contribution in [2.45, 2.75) is 24.7 Å². The Balaban J connectivity index is 1.92. The summed E-state index contributed by atoms with van der Waals surface area (Å²) in [5.41, 5.74) is 1.64. The third-order valence-corrected chi connectivity index (χ3v) is 7.37. The quantitative estimate of drug-likeness (QED) is 0.839. The van der Waals surface area contributed by atoms with Gasteiger partial charge in [-0.3, -0.25) is 9.03 Å². The van der Waals surface area contributed by atoms with Crippen molar-refractivity contribution in [3.63, 3.8) is 0 Å². The molecule has 0 fully saturated rings. The van der Waals surface area contributed by atoms with E-state index in [2.05, 4.69) is 4.72 Å². The third-order valence-electron chi connectivity index (χ3n) is 4.21. The number of fused-ring (bicyclic) bond motifs is 1. The Labute approximate surface area is 152 Å². The largest absolute Gasteiger partial charge is 0.280 e. The summed E-state index contributed by atoms with van der Waals surface area (Å²) < 4.78 is 66.4. The fourth-order valence-electron chi connectivity index (χ4n) is 2.92. The maximum Gasteiger partial charge on any atom is 0.261 e. The molecule has 1 heterocycles. The molecule has 0 saturated heterocycles. The molecule has 0 saturated carbocycles. The molecule has 0 amide bonds. The van der Waals surface area contributed by atoms with Gasteiger partial charge in [-0.25, -0.2) is 21.2 Å². The van der Waals surface area contributed by atoms with E-state index in [4.69, 9.17) is 0 Å². The van der Waals surface area contributed by atoms with Crippen molar-refractivity contribution in [2.24, 2.45) is 0 Å². The number of hydrogen-bond acceptors (Lipinski definition) is 4. The highest BCUT2D eigenvalue weighted by atomic mass is 32.2. The summed E-state index contributed by atoms with van der Waals surface area (Å²) >= 11 is 0. The Morgan fingerprint density at radius 2 is 1.88 bits per heavy atom. The van der Waals surface area contributed by atoms with E-state index in [0.717, 1.165) is 11.6 Å². The van der Waals surface area contributed by atoms with Crippen molar-refractivity contribution in [1.29, 1.82) is 0 Å². The monoisotopic (exact) mass is 398 g/mol. The molecule has 2 aromatic carbocycles. The third kappa shape index (κ3) is 3.68. The zero-order valence-corrected chi connectivity index (χ0v) is 15.8. The van der Waals surface area contributed by atoms with Crippen LogP contribution >= 0.6 is 0 Å². The van der Waals surface area contributed by atoms with E-state index in [9.17, 15) is 21.2 Å². The summed E-state index contributed by atoms with van der Waals surface area (Å²) in [4.78, 5) is -0.176. The second-order valence-corrected chi connectivity index (χ2v) is 9.85. The van der Waals surface area contributed by atoms with Crippen LogP contribution in [0.2, 0.25) is 0 Å². The van der Waals surface area contributed by atoms with Crippen LogP contribution in [0.15, 0.2) is 47.4 Å². The Bertz CT molecular complexity index is 1040. The van der Waals surface area contributed by atoms with Gasteiger partial charge in [-0.15, -0.1) is 0 Å². The summed E-state index contributed by atoms with van der Waals surface area (Å²) in [6.07, 6.45) is 1.31. The van der Waals surface area contributed by atoms with Gasteiger partial charge in [0.05, 0.1) is 16.3 Å². The molecule has 9 heteroatoms. The van der Waals surface area contributed by atoms with Crippen molar-refractivity contribution < 1.29 is 21.2 Å². The molecule has 0 aliphatic carbocycles. The van der Waals surface area contributed by atoms with Crippen molar-refractivity contribution in [3.05, 3.63) is 53.8 Å². The molecular weight excluding hydrogens is 379 g/mol. The molecule has 1 aliphatic rings. The number of sulfonamides is 2. The first-order valence-corrected chi connectivity index (χ1v) is 11.2. The highest BCUT2D eigenvalue weighted by molar-refractivity contribution is 7.93. The van der Waals surface area contributed by atoms with Crippen molar-refractivity contribution in [2.75, 3.05) is 21.3 Å². The highest BCUT2D eigenvalue weighted by Crippen LogP contribution is 2.32. The molecule has 0 aromatic heterocycles. The van der Waals surface area contributed by atoms with Crippen LogP contribution in [-0.2, 0) is 26.5 Å². The fraction of sp³-hybridized carbons (Fsp3) is 0.294. The van der Waals surface area contributed by atoms with Crippen molar-refractivity contribution in [1.82, 2.24) is 0 Å². The average molecular weight is 398 g/mol. The van der Waals surface area contributed by atoms with Gasteiger partial charge in [0.2, 0.25) is 10.0 Å². The van der Waals surface area contributed by atoms with Crippen LogP contribution in [0.3, 0.4) is 0 Å². The number of nitrogens with zero attached hydrogens (tertiary/aromatic N) is 1. The Hall–Kier alpha value is -2.13. The number of rotatable bonds is 5. The number of hydrogen-bond donors (Lipinski definition) is 1. The van der Waals surface area contributed by atoms with Gasteiger partial charge in [-0.05, 0) is 61.7 Å². The number of nitrogens with one attached hydrogen (secondary N) is 1. The molecule has 140 valence electrons. The lowest BCUT2D eigenvalue weighted by Crippen LogP contribution is -2.36. The predicted octanol–water partition coefficient (Wildman–Crippen LogP) is 2.73. The van der Waals surface area contributed by atoms with E-state index in [-0.39, 0.29) is 10.6 Å². The SMILES string of the molecule is CCS(=O)(=O)N1CCCc2cc(NS(=O)(=O)c3cccc(F)c3)ccc21. The summed E-state index contributed by atoms with van der Waals surface area (Å²) in [5, 5.41) is 0. The van der Waals surface area contributed by atoms with E-state index in [1.807, 2.05) is 0 Å². The molecule has 0 bridgehead atoms. The number of anilines is 2. The summed E-state index contributed by atoms with van der Waals surface area (Å²) in [7, 11) is -7.31. The lowest BCUT2D eigenvalue weighted by atomic mass is 10.0. The van der Waals surface area contributed by atoms with Crippen LogP contribution in [0.1, 0.15) is 18.9 Å². The van der Waals surface area contributed by atoms with Gasteiger partial charge in [0.1, 0.15) is 5.82 Å². The standard InChI is InChI=1S/C17H19FN2O4S2/c1-2-25(21,22)20-10-4-5-13-11-15(8-9-17(13)20)19-26(23,24)16-7-3-6-14(18)12-16/h3,6-9,11-12,19H,2,4-5,10H2,1H3. The van der Waals surface area contributed by atoms with Gasteiger partial charge in [-0.2, -0.15) is 0 Å². The first-order chi connectivity index (χ1) is 12.2. The van der Waals surface area contributed by atoms with Crippen LogP contribution in [0.25, 0.3) is 0 Å². The van der Waals surface area contributed by atoms with Gasteiger partial charge >= 0.3 is 0 Å². The molecule has 0 atom stereocenters. The minimum atomic E-state index is -3.93. The summed E-state index contributed by atoms with van der Waals surface area (Å²) in [6.45, 7) is 2.00. The van der Waals surface area contributed by atoms with Gasteiger partial charge < -0.3 is 0 Å². The minimum Gasteiger partial charge on any atom is -0.280 e. The zero-order valence-electron chi connectivity index (χ0n) is 14.1. The van der Waals surface area contributed by atoms with E-state index in [1.54, 1.807) is 19.1 Å². The fourth-order valence-corrected chi connectivity index (χ4v) is 5.20. The number of benzene rings is 2. The second-order valence-electron chi connectivity index (χ2n) is 5.98. The number of halogens is 1. The van der Waals surface area contributed by atoms with Gasteiger partial charge in [0, 0.05) is 12.2 Å². The molecule has 1 N–H and O–H groups in total. The normalized spacial score (nSPS) is 14.8. The summed E-state index contributed by atoms with van der Waals surface area (Å²) in [5.74, 6) is -0.640. The van der Waals surface area contributed by atoms with E-state index >= 15 is 0 Å². The van der Waals surface area contributed by atoms with Gasteiger partial charge in [0.15, 0.2) is 0 Å². The van der Waals surface area contributed by atoms with E-state index < -0.39 is 25.9 Å². The summed E-state index contributed by atoms with van der Waals surface area (Å²) in [6, 6.07) is 9.48. The predicted molar refractivity (Wildman–Crippen MR) is 98.8 cm³/mol. The van der Waals surface area contributed by atoms with Crippen LogP contribution in [-0.4, -0.2) is 29.1 Å². The Kier molecular flexibility index (Phi) is 4.94. The number of aryl methyl sites for hydroxylation is 1. The van der Waals surface area contributed by atoms with Crippen LogP contribution < -0.4 is 9.03 Å². The maximum atomic E-state index is 13.3. The minimum absolute atomic E-state index is 0.000389. The van der Waals surface area contributed by atoms with Crippen molar-refractivity contribution in [3.8, 4) is 0 Å². The molecular formula is C17H19FN2O4S2. The lowest BCUT2D eigenvalue weighted by molar-refractivity contribution is 0.587. The molecule has 1 aliphatic heterocycles. The average Bonchev–Trinajstić information content (AvgIpc) is 2.60. The topological polar surface area (TPSA) is 83.6 Å². The smallest absolute Gasteiger partial charge is 0.261 e. The van der Waals surface area contributed by atoms with Crippen LogP contribution in [0.4, 0.5) is 15.8 Å². The lowest BCUT2D eigenvalue weighted by Gasteiger charge is -2.30. The van der Waals surface area contributed by atoms with E-state index in [1.165, 1.54) is 28.6 Å². The Morgan fingerprint density at radius 3 is 2.58 bits per heavy atom. The molecule has 3 rings (SSSR count). The van der Waals surface area contributed by atoms with Gasteiger partial charge in [-0.1, -0.05) is 6.07 Å². The molecule has 2 aromatic rings. The maximum absolute atomic E-state index is 13.3. The van der Waals surface area contributed by atoms with Crippen LogP contribution in [0.5, 0.6) is 0 Å². The molecule has 6 nitrogen and oxygen atoms in total. The van der Waals surface area contributed by atoms with Gasteiger partial charge in [0.25, 0.3) is 10.0 Å². The highest BCUT2D eigenvalue weighted by Gasteiger charge is 2.26. The van der Waals surface area contributed by atoms with Crippen LogP contribution in [0, 0.1) is 5.82 Å². The first-order valence-electron chi connectivity index (χ1n) is 8.15. The molecule has 0 unspecified atom stereocenters. The first kappa shape index (κ1) is 18.7. The Morgan fingerprint density at radius 1 is 1.12 bits per heavy atom. The molecule has 0 radical (unpaired) electrons. The zero-order chi connectivity index (χ0) is 18.9. The van der Waals surface area contributed by atoms with Crippen molar-refractivity contribution >= 4 is 31.4 Å². The molecule has 26 heavy (non-hydrogen) atoms.